The summed E-state index contributed by atoms with van der Waals surface area (Å²) in [7, 11) is 0. The van der Waals surface area contributed by atoms with Gasteiger partial charge >= 0.3 is 0 Å². The van der Waals surface area contributed by atoms with Crippen LogP contribution in [0.15, 0.2) is 133 Å². The van der Waals surface area contributed by atoms with Crippen LogP contribution < -0.4 is 9.47 Å². The van der Waals surface area contributed by atoms with Gasteiger partial charge in [-0.25, -0.2) is 0 Å². The van der Waals surface area contributed by atoms with Crippen molar-refractivity contribution in [3.05, 3.63) is 145 Å². The summed E-state index contributed by atoms with van der Waals surface area (Å²) in [6, 6.07) is 46.1. The Morgan fingerprint density at radius 3 is 1.22 bits per heavy atom. The van der Waals surface area contributed by atoms with E-state index in [0.29, 0.717) is 13.2 Å². The van der Waals surface area contributed by atoms with E-state index in [0.717, 1.165) is 33.8 Å². The highest BCUT2D eigenvalue weighted by Gasteiger charge is 2.11. The summed E-state index contributed by atoms with van der Waals surface area (Å²) in [5.41, 5.74) is 4.61. The molecule has 0 aliphatic carbocycles. The minimum atomic E-state index is 0.494. The minimum Gasteiger partial charge on any atom is -0.489 e. The van der Waals surface area contributed by atoms with Gasteiger partial charge in [0.05, 0.1) is 0 Å². The van der Waals surface area contributed by atoms with Crippen LogP contribution in [-0.4, -0.2) is 0 Å². The molecule has 0 aliphatic rings. The molecule has 0 saturated carbocycles. The second-order valence-electron chi connectivity index (χ2n) is 8.91. The van der Waals surface area contributed by atoms with Gasteiger partial charge < -0.3 is 9.47 Å². The zero-order valence-electron chi connectivity index (χ0n) is 19.9. The van der Waals surface area contributed by atoms with Crippen LogP contribution in [0.5, 0.6) is 11.5 Å². The Balaban J connectivity index is 1.23. The molecule has 6 aromatic carbocycles. The first-order valence-electron chi connectivity index (χ1n) is 12.2. The highest BCUT2D eigenvalue weighted by Crippen LogP contribution is 2.30. The summed E-state index contributed by atoms with van der Waals surface area (Å²) in [5.74, 6) is 1.74. The van der Waals surface area contributed by atoms with E-state index in [-0.39, 0.29) is 0 Å². The molecule has 0 fully saturated rings. The number of rotatable bonds is 7. The van der Waals surface area contributed by atoms with Gasteiger partial charge in [-0.05, 0) is 68.1 Å². The predicted molar refractivity (Wildman–Crippen MR) is 148 cm³/mol. The number of hydrogen-bond acceptors (Lipinski definition) is 2. The normalized spacial score (nSPS) is 11.0. The van der Waals surface area contributed by atoms with E-state index in [1.807, 2.05) is 12.1 Å². The molecule has 0 N–H and O–H groups in total. The van der Waals surface area contributed by atoms with E-state index in [4.69, 9.17) is 9.47 Å². The molecule has 0 atom stereocenters. The van der Waals surface area contributed by atoms with Crippen molar-refractivity contribution in [3.8, 4) is 22.6 Å². The van der Waals surface area contributed by atoms with Crippen molar-refractivity contribution in [3.63, 3.8) is 0 Å². The first kappa shape index (κ1) is 21.9. The van der Waals surface area contributed by atoms with E-state index in [1.54, 1.807) is 0 Å². The Hall–Kier alpha value is -4.56. The van der Waals surface area contributed by atoms with Gasteiger partial charge in [-0.15, -0.1) is 0 Å². The van der Waals surface area contributed by atoms with Crippen molar-refractivity contribution in [1.29, 1.82) is 0 Å². The van der Waals surface area contributed by atoms with E-state index in [2.05, 4.69) is 121 Å². The SMILES string of the molecule is c1ccc(-c2ccccc2COc2ccc3ccccc3c2)c(COc2ccc3ccccc3c2)c1. The standard InChI is InChI=1S/C34H26O2/c1-3-11-27-21-31(19-17-25(27)9-1)35-23-29-13-5-7-15-33(29)34-16-8-6-14-30(34)24-36-32-20-18-26-10-2-4-12-28(26)22-32/h1-22H,23-24H2. The summed E-state index contributed by atoms with van der Waals surface area (Å²) >= 11 is 0. The molecule has 36 heavy (non-hydrogen) atoms. The molecule has 0 bridgehead atoms. The van der Waals surface area contributed by atoms with Gasteiger partial charge in [-0.2, -0.15) is 0 Å². The van der Waals surface area contributed by atoms with Crippen LogP contribution in [0.25, 0.3) is 32.7 Å². The highest BCUT2D eigenvalue weighted by molar-refractivity contribution is 5.84. The van der Waals surface area contributed by atoms with Crippen molar-refractivity contribution >= 4 is 21.5 Å². The van der Waals surface area contributed by atoms with Gasteiger partial charge in [0.25, 0.3) is 0 Å². The van der Waals surface area contributed by atoms with Crippen LogP contribution in [0, 0.1) is 0 Å². The third kappa shape index (κ3) is 4.67. The Kier molecular flexibility index (Phi) is 6.08. The van der Waals surface area contributed by atoms with Gasteiger partial charge in [0.15, 0.2) is 0 Å². The van der Waals surface area contributed by atoms with Crippen molar-refractivity contribution in [2.24, 2.45) is 0 Å². The van der Waals surface area contributed by atoms with E-state index in [1.165, 1.54) is 21.5 Å². The largest absolute Gasteiger partial charge is 0.489 e. The van der Waals surface area contributed by atoms with Crippen LogP contribution in [-0.2, 0) is 13.2 Å². The third-order valence-corrected chi connectivity index (χ3v) is 6.56. The van der Waals surface area contributed by atoms with Crippen molar-refractivity contribution in [2.45, 2.75) is 13.2 Å². The minimum absolute atomic E-state index is 0.494. The molecule has 6 aromatic rings. The topological polar surface area (TPSA) is 18.5 Å². The summed E-state index contributed by atoms with van der Waals surface area (Å²) in [6.07, 6.45) is 0. The molecule has 0 aromatic heterocycles. The molecule has 2 nitrogen and oxygen atoms in total. The fourth-order valence-corrected chi connectivity index (χ4v) is 4.65. The molecule has 0 radical (unpaired) electrons. The number of hydrogen-bond donors (Lipinski definition) is 0. The molecular weight excluding hydrogens is 440 g/mol. The lowest BCUT2D eigenvalue weighted by atomic mass is 9.96. The summed E-state index contributed by atoms with van der Waals surface area (Å²) in [5, 5.41) is 4.79. The average molecular weight is 467 g/mol. The smallest absolute Gasteiger partial charge is 0.120 e. The van der Waals surface area contributed by atoms with Crippen molar-refractivity contribution in [2.75, 3.05) is 0 Å². The first-order chi connectivity index (χ1) is 17.8. The van der Waals surface area contributed by atoms with Gasteiger partial charge in [-0.3, -0.25) is 0 Å². The average Bonchev–Trinajstić information content (AvgIpc) is 2.95. The monoisotopic (exact) mass is 466 g/mol. The number of ether oxygens (including phenoxy) is 2. The quantitative estimate of drug-likeness (QED) is 0.234. The molecule has 0 spiro atoms. The lowest BCUT2D eigenvalue weighted by Crippen LogP contribution is -2.01. The molecule has 0 heterocycles. The zero-order chi connectivity index (χ0) is 24.2. The van der Waals surface area contributed by atoms with Crippen LogP contribution in [0.2, 0.25) is 0 Å². The summed E-state index contributed by atoms with van der Waals surface area (Å²) < 4.78 is 12.5. The number of fused-ring (bicyclic) bond motifs is 2. The van der Waals surface area contributed by atoms with Gasteiger partial charge in [0.2, 0.25) is 0 Å². The maximum atomic E-state index is 6.24. The second-order valence-corrected chi connectivity index (χ2v) is 8.91. The Bertz CT molecular complexity index is 1530. The summed E-state index contributed by atoms with van der Waals surface area (Å²) in [6.45, 7) is 0.989. The van der Waals surface area contributed by atoms with Crippen molar-refractivity contribution in [1.82, 2.24) is 0 Å². The van der Waals surface area contributed by atoms with Crippen LogP contribution in [0.3, 0.4) is 0 Å². The van der Waals surface area contributed by atoms with E-state index in [9.17, 15) is 0 Å². The van der Waals surface area contributed by atoms with Gasteiger partial charge in [-0.1, -0.05) is 109 Å². The molecule has 0 unspecified atom stereocenters. The van der Waals surface area contributed by atoms with E-state index < -0.39 is 0 Å². The van der Waals surface area contributed by atoms with Gasteiger partial charge in [0.1, 0.15) is 24.7 Å². The molecule has 6 rings (SSSR count). The molecule has 0 amide bonds. The maximum absolute atomic E-state index is 6.24. The van der Waals surface area contributed by atoms with Crippen LogP contribution in [0.4, 0.5) is 0 Å². The van der Waals surface area contributed by atoms with E-state index >= 15 is 0 Å². The highest BCUT2D eigenvalue weighted by atomic mass is 16.5. The zero-order valence-corrected chi connectivity index (χ0v) is 19.9. The Morgan fingerprint density at radius 2 is 0.750 bits per heavy atom. The lowest BCUT2D eigenvalue weighted by Gasteiger charge is -2.16. The van der Waals surface area contributed by atoms with Crippen molar-refractivity contribution < 1.29 is 9.47 Å². The lowest BCUT2D eigenvalue weighted by molar-refractivity contribution is 0.305. The second kappa shape index (κ2) is 9.97. The van der Waals surface area contributed by atoms with Crippen LogP contribution in [0.1, 0.15) is 11.1 Å². The number of benzene rings is 6. The molecule has 174 valence electrons. The Labute approximate surface area is 211 Å². The fourth-order valence-electron chi connectivity index (χ4n) is 4.65. The first-order valence-corrected chi connectivity index (χ1v) is 12.2. The molecule has 0 saturated heterocycles. The fraction of sp³-hybridized carbons (Fsp3) is 0.0588. The summed E-state index contributed by atoms with van der Waals surface area (Å²) in [4.78, 5) is 0. The maximum Gasteiger partial charge on any atom is 0.120 e. The van der Waals surface area contributed by atoms with Gasteiger partial charge in [0, 0.05) is 0 Å². The van der Waals surface area contributed by atoms with Crippen LogP contribution >= 0.6 is 0 Å². The third-order valence-electron chi connectivity index (χ3n) is 6.56. The Morgan fingerprint density at radius 1 is 0.361 bits per heavy atom. The molecular formula is C34H26O2. The predicted octanol–water partition coefficient (Wildman–Crippen LogP) is 8.82. The molecule has 0 aliphatic heterocycles. The molecule has 2 heteroatoms.